The summed E-state index contributed by atoms with van der Waals surface area (Å²) in [6, 6.07) is 5.86. The Morgan fingerprint density at radius 3 is 2.71 bits per heavy atom. The Labute approximate surface area is 121 Å². The molecular weight excluding hydrogens is 274 g/mol. The number of carbonyl (C=O) groups excluding carboxylic acids is 1. The van der Waals surface area contributed by atoms with Gasteiger partial charge in [0.25, 0.3) is 0 Å². The summed E-state index contributed by atoms with van der Waals surface area (Å²) in [5.74, 6) is -0.609. The fraction of sp³-hybridized carbons (Fsp3) is 0.231. The van der Waals surface area contributed by atoms with Gasteiger partial charge in [0.2, 0.25) is 0 Å². The lowest BCUT2D eigenvalue weighted by Crippen LogP contribution is -2.37. The zero-order valence-electron chi connectivity index (χ0n) is 11.6. The molecular formula is C13H15N5O3. The predicted molar refractivity (Wildman–Crippen MR) is 75.0 cm³/mol. The number of amides is 2. The number of carbonyl (C=O) groups is 2. The Kier molecular flexibility index (Phi) is 4.17. The van der Waals surface area contributed by atoms with Crippen LogP contribution in [0.3, 0.4) is 0 Å². The molecule has 2 aromatic rings. The van der Waals surface area contributed by atoms with Crippen molar-refractivity contribution < 1.29 is 14.7 Å². The second-order valence-corrected chi connectivity index (χ2v) is 4.37. The highest BCUT2D eigenvalue weighted by molar-refractivity contribution is 6.01. The van der Waals surface area contributed by atoms with Crippen LogP contribution in [0.5, 0.6) is 0 Å². The zero-order chi connectivity index (χ0) is 15.4. The fourth-order valence-electron chi connectivity index (χ4n) is 1.79. The van der Waals surface area contributed by atoms with Gasteiger partial charge in [0, 0.05) is 14.1 Å². The molecule has 0 fully saturated rings. The van der Waals surface area contributed by atoms with Gasteiger partial charge in [-0.3, -0.25) is 9.58 Å². The Balaban J connectivity index is 2.07. The van der Waals surface area contributed by atoms with E-state index in [0.717, 1.165) is 0 Å². The van der Waals surface area contributed by atoms with Crippen molar-refractivity contribution in [3.63, 3.8) is 0 Å². The normalized spacial score (nSPS) is 10.2. The number of aromatic nitrogens is 3. The first-order valence-electron chi connectivity index (χ1n) is 6.17. The Hall–Kier alpha value is -2.90. The van der Waals surface area contributed by atoms with Crippen LogP contribution in [0.4, 0.5) is 10.5 Å². The molecule has 0 aliphatic carbocycles. The van der Waals surface area contributed by atoms with Crippen LogP contribution in [0.15, 0.2) is 30.6 Å². The maximum Gasteiger partial charge on any atom is 0.337 e. The molecule has 1 heterocycles. The van der Waals surface area contributed by atoms with Crippen LogP contribution >= 0.6 is 0 Å². The Morgan fingerprint density at radius 1 is 1.38 bits per heavy atom. The van der Waals surface area contributed by atoms with Crippen LogP contribution in [0, 0.1) is 0 Å². The van der Waals surface area contributed by atoms with E-state index in [1.807, 2.05) is 0 Å². The highest BCUT2D eigenvalue weighted by Crippen LogP contribution is 2.19. The number of aromatic carboxylic acids is 1. The number of benzene rings is 1. The minimum atomic E-state index is -1.09. The lowest BCUT2D eigenvalue weighted by atomic mass is 10.1. The molecule has 0 aliphatic rings. The van der Waals surface area contributed by atoms with E-state index in [2.05, 4.69) is 15.4 Å². The van der Waals surface area contributed by atoms with Gasteiger partial charge in [-0.05, 0) is 12.1 Å². The molecule has 2 amide bonds. The van der Waals surface area contributed by atoms with Crippen LogP contribution in [-0.2, 0) is 13.6 Å². The number of hydrogen-bond acceptors (Lipinski definition) is 4. The molecule has 0 saturated heterocycles. The average molecular weight is 289 g/mol. The molecule has 0 atom stereocenters. The summed E-state index contributed by atoms with van der Waals surface area (Å²) in [6.07, 6.45) is 1.53. The fourth-order valence-corrected chi connectivity index (χ4v) is 1.79. The summed E-state index contributed by atoms with van der Waals surface area (Å²) in [5, 5.41) is 15.8. The number of para-hydroxylation sites is 1. The molecule has 8 nitrogen and oxygen atoms in total. The first-order chi connectivity index (χ1) is 9.99. The minimum Gasteiger partial charge on any atom is -0.478 e. The second-order valence-electron chi connectivity index (χ2n) is 4.37. The molecule has 1 aromatic carbocycles. The predicted octanol–water partition coefficient (Wildman–Crippen LogP) is 0.859. The molecule has 0 bridgehead atoms. The largest absolute Gasteiger partial charge is 0.478 e. The van der Waals surface area contributed by atoms with Crippen LogP contribution < -0.4 is 10.2 Å². The second kappa shape index (κ2) is 6.04. The number of carboxylic acids is 1. The topological polar surface area (TPSA) is 100 Å². The van der Waals surface area contributed by atoms with Gasteiger partial charge in [0.1, 0.15) is 6.33 Å². The number of nitrogens with zero attached hydrogens (tertiary/aromatic N) is 4. The molecule has 8 heteroatoms. The van der Waals surface area contributed by atoms with Crippen molar-refractivity contribution in [2.45, 2.75) is 6.54 Å². The van der Waals surface area contributed by atoms with Crippen molar-refractivity contribution in [3.8, 4) is 0 Å². The molecule has 0 saturated carbocycles. The van der Waals surface area contributed by atoms with Crippen LogP contribution in [0.1, 0.15) is 16.2 Å². The highest BCUT2D eigenvalue weighted by atomic mass is 16.4. The third kappa shape index (κ3) is 3.35. The van der Waals surface area contributed by atoms with Gasteiger partial charge in [0.15, 0.2) is 5.82 Å². The van der Waals surface area contributed by atoms with Gasteiger partial charge in [-0.1, -0.05) is 12.1 Å². The summed E-state index contributed by atoms with van der Waals surface area (Å²) in [4.78, 5) is 28.4. The lowest BCUT2D eigenvalue weighted by Gasteiger charge is -2.19. The minimum absolute atomic E-state index is 0.0612. The maximum absolute atomic E-state index is 12.1. The highest BCUT2D eigenvalue weighted by Gasteiger charge is 2.17. The van der Waals surface area contributed by atoms with E-state index < -0.39 is 12.0 Å². The third-order valence-corrected chi connectivity index (χ3v) is 2.85. The molecule has 2 rings (SSSR count). The van der Waals surface area contributed by atoms with E-state index in [9.17, 15) is 9.59 Å². The smallest absolute Gasteiger partial charge is 0.337 e. The lowest BCUT2D eigenvalue weighted by molar-refractivity contribution is 0.0697. The van der Waals surface area contributed by atoms with E-state index in [0.29, 0.717) is 11.5 Å². The summed E-state index contributed by atoms with van der Waals surface area (Å²) in [5.41, 5.74) is 0.377. The van der Waals surface area contributed by atoms with Crippen molar-refractivity contribution in [2.75, 3.05) is 11.9 Å². The van der Waals surface area contributed by atoms with Crippen LogP contribution in [0.25, 0.3) is 0 Å². The number of anilines is 1. The van der Waals surface area contributed by atoms with Gasteiger partial charge in [-0.2, -0.15) is 5.10 Å². The molecule has 110 valence electrons. The molecule has 0 spiro atoms. The van der Waals surface area contributed by atoms with E-state index >= 15 is 0 Å². The molecule has 1 aromatic heterocycles. The van der Waals surface area contributed by atoms with Crippen molar-refractivity contribution in [1.82, 2.24) is 20.1 Å². The van der Waals surface area contributed by atoms with Gasteiger partial charge in [-0.25, -0.2) is 14.6 Å². The monoisotopic (exact) mass is 289 g/mol. The molecule has 0 aliphatic heterocycles. The number of aryl methyl sites for hydroxylation is 1. The molecule has 21 heavy (non-hydrogen) atoms. The summed E-state index contributed by atoms with van der Waals surface area (Å²) in [7, 11) is 3.23. The SMILES string of the molecule is CN(C(=O)NCc1ncn(C)n1)c1ccccc1C(=O)O. The van der Waals surface area contributed by atoms with Crippen molar-refractivity contribution in [1.29, 1.82) is 0 Å². The quantitative estimate of drug-likeness (QED) is 0.869. The van der Waals surface area contributed by atoms with Crippen molar-refractivity contribution >= 4 is 17.7 Å². The zero-order valence-corrected chi connectivity index (χ0v) is 11.6. The number of rotatable bonds is 4. The first kappa shape index (κ1) is 14.5. The van der Waals surface area contributed by atoms with Crippen molar-refractivity contribution in [3.05, 3.63) is 42.0 Å². The van der Waals surface area contributed by atoms with E-state index in [-0.39, 0.29) is 12.1 Å². The summed E-state index contributed by atoms with van der Waals surface area (Å²) < 4.78 is 1.53. The van der Waals surface area contributed by atoms with Crippen LogP contribution in [-0.4, -0.2) is 38.9 Å². The van der Waals surface area contributed by atoms with Gasteiger partial charge in [-0.15, -0.1) is 0 Å². The Bertz CT molecular complexity index is 667. The molecule has 2 N–H and O–H groups in total. The first-order valence-corrected chi connectivity index (χ1v) is 6.17. The molecule has 0 radical (unpaired) electrons. The number of carboxylic acid groups (broad SMARTS) is 1. The Morgan fingerprint density at radius 2 is 2.10 bits per heavy atom. The van der Waals surface area contributed by atoms with Crippen LogP contribution in [0.2, 0.25) is 0 Å². The number of urea groups is 1. The standard InChI is InChI=1S/C13H15N5O3/c1-17-8-15-11(16-17)7-14-13(21)18(2)10-6-4-3-5-9(10)12(19)20/h3-6,8H,7H2,1-2H3,(H,14,21)(H,19,20). The summed E-state index contributed by atoms with van der Waals surface area (Å²) in [6.45, 7) is 0.166. The average Bonchev–Trinajstić information content (AvgIpc) is 2.89. The van der Waals surface area contributed by atoms with Gasteiger partial charge >= 0.3 is 12.0 Å². The third-order valence-electron chi connectivity index (χ3n) is 2.85. The van der Waals surface area contributed by atoms with Gasteiger partial charge in [0.05, 0.1) is 17.8 Å². The number of hydrogen-bond donors (Lipinski definition) is 2. The van der Waals surface area contributed by atoms with E-state index in [1.165, 1.54) is 29.0 Å². The van der Waals surface area contributed by atoms with Crippen molar-refractivity contribution in [2.24, 2.45) is 7.05 Å². The van der Waals surface area contributed by atoms with E-state index in [4.69, 9.17) is 5.11 Å². The summed E-state index contributed by atoms with van der Waals surface area (Å²) >= 11 is 0. The maximum atomic E-state index is 12.1. The van der Waals surface area contributed by atoms with E-state index in [1.54, 1.807) is 25.2 Å². The molecule has 0 unspecified atom stereocenters. The van der Waals surface area contributed by atoms with Gasteiger partial charge < -0.3 is 10.4 Å². The number of nitrogens with one attached hydrogen (secondary N) is 1.